The smallest absolute Gasteiger partial charge is 0.274 e. The fraction of sp³-hybridized carbons (Fsp3) is 0.250. The Bertz CT molecular complexity index is 578. The molecule has 0 unspecified atom stereocenters. The number of aromatic amines is 1. The summed E-state index contributed by atoms with van der Waals surface area (Å²) < 4.78 is 1.02. The van der Waals surface area contributed by atoms with Gasteiger partial charge < -0.3 is 5.32 Å². The van der Waals surface area contributed by atoms with Crippen LogP contribution in [0.4, 0.5) is 0 Å². The number of hydrogen-bond acceptors (Lipinski definition) is 3. The molecule has 2 N–H and O–H groups in total. The van der Waals surface area contributed by atoms with Gasteiger partial charge in [-0.25, -0.2) is 0 Å². The van der Waals surface area contributed by atoms with E-state index in [4.69, 9.17) is 0 Å². The molecule has 1 amide bonds. The van der Waals surface area contributed by atoms with Crippen LogP contribution in [0.25, 0.3) is 0 Å². The van der Waals surface area contributed by atoms with Crippen molar-refractivity contribution < 1.29 is 4.79 Å². The molecule has 5 nitrogen and oxygen atoms in total. The van der Waals surface area contributed by atoms with Gasteiger partial charge in [0.2, 0.25) is 0 Å². The molecule has 0 aliphatic heterocycles. The lowest BCUT2D eigenvalue weighted by molar-refractivity contribution is 0.0925. The van der Waals surface area contributed by atoms with Crippen LogP contribution < -0.4 is 5.32 Å². The highest BCUT2D eigenvalue weighted by molar-refractivity contribution is 9.10. The molecule has 0 atom stereocenters. The molecule has 1 saturated carbocycles. The van der Waals surface area contributed by atoms with Crippen LogP contribution in [-0.4, -0.2) is 21.3 Å². The number of carbonyl (C=O) groups is 1. The van der Waals surface area contributed by atoms with E-state index in [1.807, 2.05) is 24.3 Å². The van der Waals surface area contributed by atoms with Crippen molar-refractivity contribution in [3.8, 4) is 0 Å². The first-order valence-electron chi connectivity index (χ1n) is 5.64. The van der Waals surface area contributed by atoms with Crippen molar-refractivity contribution in [3.05, 3.63) is 46.2 Å². The molecule has 0 bridgehead atoms. The number of nitrogens with zero attached hydrogens (tertiary/aromatic N) is 2. The molecule has 1 aromatic heterocycles. The van der Waals surface area contributed by atoms with E-state index in [0.29, 0.717) is 5.69 Å². The van der Waals surface area contributed by atoms with E-state index in [2.05, 4.69) is 36.7 Å². The summed E-state index contributed by atoms with van der Waals surface area (Å²) in [7, 11) is 0. The first-order valence-corrected chi connectivity index (χ1v) is 6.43. The van der Waals surface area contributed by atoms with Gasteiger partial charge in [0.15, 0.2) is 5.69 Å². The van der Waals surface area contributed by atoms with Crippen molar-refractivity contribution in [1.82, 2.24) is 20.7 Å². The lowest BCUT2D eigenvalue weighted by atomic mass is 10.0. The fourth-order valence-electron chi connectivity index (χ4n) is 1.99. The number of aromatic nitrogens is 3. The van der Waals surface area contributed by atoms with Crippen molar-refractivity contribution in [3.63, 3.8) is 0 Å². The highest BCUT2D eigenvalue weighted by atomic mass is 79.9. The van der Waals surface area contributed by atoms with Gasteiger partial charge in [-0.1, -0.05) is 28.1 Å². The third-order valence-electron chi connectivity index (χ3n) is 3.13. The van der Waals surface area contributed by atoms with E-state index in [9.17, 15) is 4.79 Å². The van der Waals surface area contributed by atoms with Crippen LogP contribution in [-0.2, 0) is 5.54 Å². The van der Waals surface area contributed by atoms with Gasteiger partial charge in [0.05, 0.1) is 11.7 Å². The van der Waals surface area contributed by atoms with Crippen molar-refractivity contribution in [2.24, 2.45) is 0 Å². The molecule has 0 saturated heterocycles. The van der Waals surface area contributed by atoms with Crippen LogP contribution in [0.5, 0.6) is 0 Å². The maximum Gasteiger partial charge on any atom is 0.274 e. The van der Waals surface area contributed by atoms with E-state index >= 15 is 0 Å². The average molecular weight is 307 g/mol. The maximum atomic E-state index is 12.0. The van der Waals surface area contributed by atoms with E-state index in [1.165, 1.54) is 6.20 Å². The number of carbonyl (C=O) groups excluding carboxylic acids is 1. The van der Waals surface area contributed by atoms with Gasteiger partial charge >= 0.3 is 0 Å². The molecule has 1 aromatic carbocycles. The first kappa shape index (κ1) is 11.4. The monoisotopic (exact) mass is 306 g/mol. The predicted molar refractivity (Wildman–Crippen MR) is 68.9 cm³/mol. The lowest BCUT2D eigenvalue weighted by Gasteiger charge is -2.17. The minimum absolute atomic E-state index is 0.193. The highest BCUT2D eigenvalue weighted by Crippen LogP contribution is 2.46. The second-order valence-corrected chi connectivity index (χ2v) is 5.32. The summed E-state index contributed by atoms with van der Waals surface area (Å²) in [6.45, 7) is 0. The second-order valence-electron chi connectivity index (χ2n) is 4.40. The zero-order valence-electron chi connectivity index (χ0n) is 9.48. The molecule has 1 heterocycles. The molecule has 0 spiro atoms. The number of halogens is 1. The largest absolute Gasteiger partial charge is 0.341 e. The molecule has 6 heteroatoms. The molecule has 3 rings (SSSR count). The minimum atomic E-state index is -0.236. The summed E-state index contributed by atoms with van der Waals surface area (Å²) in [4.78, 5) is 12.0. The number of amides is 1. The zero-order valence-corrected chi connectivity index (χ0v) is 11.1. The average Bonchev–Trinajstić information content (AvgIpc) is 2.93. The van der Waals surface area contributed by atoms with Crippen molar-refractivity contribution in [2.75, 3.05) is 0 Å². The molecule has 0 radical (unpaired) electrons. The van der Waals surface area contributed by atoms with Gasteiger partial charge in [0, 0.05) is 4.47 Å². The van der Waals surface area contributed by atoms with Crippen molar-refractivity contribution >= 4 is 21.8 Å². The predicted octanol–water partition coefficient (Wildman–Crippen LogP) is 1.99. The van der Waals surface area contributed by atoms with Crippen LogP contribution in [0.15, 0.2) is 34.9 Å². The van der Waals surface area contributed by atoms with Gasteiger partial charge in [0.25, 0.3) is 5.91 Å². The molecule has 18 heavy (non-hydrogen) atoms. The third-order valence-corrected chi connectivity index (χ3v) is 3.62. The van der Waals surface area contributed by atoms with Gasteiger partial charge in [-0.2, -0.15) is 15.4 Å². The lowest BCUT2D eigenvalue weighted by Crippen LogP contribution is -2.35. The van der Waals surface area contributed by atoms with Crippen molar-refractivity contribution in [2.45, 2.75) is 18.4 Å². The van der Waals surface area contributed by atoms with Crippen LogP contribution in [0.3, 0.4) is 0 Å². The van der Waals surface area contributed by atoms with Gasteiger partial charge in [-0.3, -0.25) is 4.79 Å². The third kappa shape index (κ3) is 2.03. The quantitative estimate of drug-likeness (QED) is 0.911. The SMILES string of the molecule is O=C(NC1(c2cccc(Br)c2)CC1)c1cn[nH]n1. The summed E-state index contributed by atoms with van der Waals surface area (Å²) in [6, 6.07) is 8.01. The van der Waals surface area contributed by atoms with Crippen LogP contribution >= 0.6 is 15.9 Å². The topological polar surface area (TPSA) is 70.7 Å². The standard InChI is InChI=1S/C12H11BrN4O/c13-9-3-1-2-8(6-9)12(4-5-12)15-11(18)10-7-14-17-16-10/h1-3,6-7H,4-5H2,(H,15,18)(H,14,16,17). The molecular weight excluding hydrogens is 296 g/mol. The van der Waals surface area contributed by atoms with E-state index in [1.54, 1.807) is 0 Å². The Morgan fingerprint density at radius 2 is 2.28 bits per heavy atom. The van der Waals surface area contributed by atoms with Crippen LogP contribution in [0.1, 0.15) is 28.9 Å². The Hall–Kier alpha value is -1.69. The summed E-state index contributed by atoms with van der Waals surface area (Å²) in [5, 5.41) is 12.9. The first-order chi connectivity index (χ1) is 8.70. The number of nitrogens with one attached hydrogen (secondary N) is 2. The van der Waals surface area contributed by atoms with E-state index < -0.39 is 0 Å². The normalized spacial score (nSPS) is 16.3. The Kier molecular flexibility index (Phi) is 2.66. The molecular formula is C12H11BrN4O. The number of hydrogen-bond donors (Lipinski definition) is 2. The van der Waals surface area contributed by atoms with Crippen LogP contribution in [0, 0.1) is 0 Å². The Labute approximate surface area is 112 Å². The number of rotatable bonds is 3. The second kappa shape index (κ2) is 4.20. The summed E-state index contributed by atoms with van der Waals surface area (Å²) >= 11 is 3.45. The molecule has 2 aromatic rings. The Morgan fingerprint density at radius 3 is 2.89 bits per heavy atom. The molecule has 1 fully saturated rings. The highest BCUT2D eigenvalue weighted by Gasteiger charge is 2.46. The molecule has 1 aliphatic rings. The summed E-state index contributed by atoms with van der Waals surface area (Å²) in [5.74, 6) is -0.193. The van der Waals surface area contributed by atoms with E-state index in [0.717, 1.165) is 22.9 Å². The fourth-order valence-corrected chi connectivity index (χ4v) is 2.39. The van der Waals surface area contributed by atoms with Gasteiger partial charge in [0.1, 0.15) is 0 Å². The van der Waals surface area contributed by atoms with Gasteiger partial charge in [-0.15, -0.1) is 0 Å². The molecule has 92 valence electrons. The Morgan fingerprint density at radius 1 is 1.44 bits per heavy atom. The maximum absolute atomic E-state index is 12.0. The number of H-pyrrole nitrogens is 1. The van der Waals surface area contributed by atoms with Crippen molar-refractivity contribution in [1.29, 1.82) is 0 Å². The molecule has 1 aliphatic carbocycles. The summed E-state index contributed by atoms with van der Waals surface area (Å²) in [6.07, 6.45) is 3.33. The number of benzene rings is 1. The zero-order chi connectivity index (χ0) is 12.6. The summed E-state index contributed by atoms with van der Waals surface area (Å²) in [5.41, 5.74) is 1.20. The van der Waals surface area contributed by atoms with Crippen LogP contribution in [0.2, 0.25) is 0 Å². The van der Waals surface area contributed by atoms with Gasteiger partial charge in [-0.05, 0) is 30.5 Å². The van der Waals surface area contributed by atoms with E-state index in [-0.39, 0.29) is 11.4 Å². The Balaban J connectivity index is 1.82. The minimum Gasteiger partial charge on any atom is -0.341 e.